The molecule has 51 heavy (non-hydrogen) atoms. The largest absolute Gasteiger partial charge is 0.480 e. The molecule has 0 aromatic rings. The van der Waals surface area contributed by atoms with E-state index in [9.17, 15) is 14.4 Å². The van der Waals surface area contributed by atoms with Gasteiger partial charge >= 0.3 is 11.9 Å². The maximum absolute atomic E-state index is 12.7. The quantitative estimate of drug-likeness (QED) is 0.0388. The van der Waals surface area contributed by atoms with E-state index >= 15 is 0 Å². The molecule has 0 aromatic heterocycles. The van der Waals surface area contributed by atoms with Crippen molar-refractivity contribution in [2.45, 2.75) is 174 Å². The Bertz CT molecular complexity index is 1050. The van der Waals surface area contributed by atoms with Gasteiger partial charge < -0.3 is 15.2 Å². The summed E-state index contributed by atoms with van der Waals surface area (Å²) in [5, 5.41) is 11.0. The number of nitrogens with one attached hydrogen (secondary N) is 1. The average molecular weight is 708 g/mol. The number of carboxylic acid groups (broad SMARTS) is 1. The van der Waals surface area contributed by atoms with Gasteiger partial charge in [-0.3, -0.25) is 14.4 Å². The number of carbonyl (C=O) groups is 3. The van der Waals surface area contributed by atoms with Gasteiger partial charge in [0.2, 0.25) is 5.91 Å². The fourth-order valence-corrected chi connectivity index (χ4v) is 5.33. The highest BCUT2D eigenvalue weighted by Crippen LogP contribution is 2.15. The molecule has 1 unspecified atom stereocenters. The third kappa shape index (κ3) is 39.2. The molecule has 0 aliphatic rings. The number of carbonyl (C=O) groups excluding carboxylic acids is 2. The van der Waals surface area contributed by atoms with Crippen LogP contribution in [0.25, 0.3) is 0 Å². The number of esters is 1. The minimum atomic E-state index is -1.02. The van der Waals surface area contributed by atoms with Gasteiger partial charge in [0.25, 0.3) is 0 Å². The number of aliphatic carboxylic acids is 1. The molecule has 0 radical (unpaired) electrons. The molecule has 1 amide bonds. The predicted molar refractivity (Wildman–Crippen MR) is 217 cm³/mol. The van der Waals surface area contributed by atoms with E-state index in [1.54, 1.807) is 0 Å². The van der Waals surface area contributed by atoms with Crippen LogP contribution in [-0.4, -0.2) is 35.6 Å². The summed E-state index contributed by atoms with van der Waals surface area (Å²) in [4.78, 5) is 34.8. The van der Waals surface area contributed by atoms with Crippen molar-refractivity contribution in [1.82, 2.24) is 5.32 Å². The van der Waals surface area contributed by atoms with E-state index in [0.717, 1.165) is 89.9 Å². The summed E-state index contributed by atoms with van der Waals surface area (Å²) in [5.74, 6) is -1.36. The highest BCUT2D eigenvalue weighted by Gasteiger charge is 2.11. The van der Waals surface area contributed by atoms with Gasteiger partial charge in [-0.15, -0.1) is 0 Å². The van der Waals surface area contributed by atoms with Crippen LogP contribution in [0.5, 0.6) is 0 Å². The van der Waals surface area contributed by atoms with Gasteiger partial charge in [-0.2, -0.15) is 0 Å². The van der Waals surface area contributed by atoms with Gasteiger partial charge in [0.1, 0.15) is 12.6 Å². The summed E-state index contributed by atoms with van der Waals surface area (Å²) >= 11 is 0. The summed E-state index contributed by atoms with van der Waals surface area (Å²) < 4.78 is 5.89. The maximum atomic E-state index is 12.7. The van der Waals surface area contributed by atoms with Crippen LogP contribution in [0.3, 0.4) is 0 Å². The minimum absolute atomic E-state index is 0.138. The van der Waals surface area contributed by atoms with Crippen LogP contribution in [0.4, 0.5) is 0 Å². The van der Waals surface area contributed by atoms with E-state index in [1.807, 2.05) is 0 Å². The van der Waals surface area contributed by atoms with E-state index in [0.29, 0.717) is 19.3 Å². The van der Waals surface area contributed by atoms with Gasteiger partial charge in [-0.1, -0.05) is 157 Å². The normalized spacial score (nSPS) is 13.0. The highest BCUT2D eigenvalue weighted by atomic mass is 16.5. The summed E-state index contributed by atoms with van der Waals surface area (Å²) in [5.41, 5.74) is 0. The topological polar surface area (TPSA) is 92.7 Å². The van der Waals surface area contributed by atoms with Gasteiger partial charge in [0.15, 0.2) is 0 Å². The molecule has 2 N–H and O–H groups in total. The zero-order valence-corrected chi connectivity index (χ0v) is 32.4. The zero-order valence-electron chi connectivity index (χ0n) is 32.4. The molecule has 0 spiro atoms. The van der Waals surface area contributed by atoms with E-state index in [1.165, 1.54) is 44.9 Å². The monoisotopic (exact) mass is 708 g/mol. The Kier molecular flexibility index (Phi) is 36.7. The van der Waals surface area contributed by atoms with Gasteiger partial charge in [-0.25, -0.2) is 0 Å². The van der Waals surface area contributed by atoms with E-state index in [4.69, 9.17) is 9.84 Å². The molecule has 0 rings (SSSR count). The Morgan fingerprint density at radius 1 is 0.549 bits per heavy atom. The van der Waals surface area contributed by atoms with E-state index < -0.39 is 5.97 Å². The second-order valence-corrected chi connectivity index (χ2v) is 13.2. The first kappa shape index (κ1) is 47.6. The third-order valence-corrected chi connectivity index (χ3v) is 8.30. The molecule has 0 saturated carbocycles. The molecule has 1 atom stereocenters. The lowest BCUT2D eigenvalue weighted by Gasteiger charge is -2.14. The fourth-order valence-electron chi connectivity index (χ4n) is 5.33. The van der Waals surface area contributed by atoms with E-state index in [2.05, 4.69) is 104 Å². The van der Waals surface area contributed by atoms with Crippen molar-refractivity contribution in [2.75, 3.05) is 6.54 Å². The lowest BCUT2D eigenvalue weighted by Crippen LogP contribution is -2.28. The molecule has 6 heteroatoms. The standard InChI is InChI=1S/C45H73NO5/c1-3-5-7-9-11-13-14-15-16-17-18-19-20-21-22-24-26-32-36-40-45(50)51-42(37-33-29-25-23-12-10-8-6-4-2)38-34-30-27-28-31-35-39-43(47)46-41-44(48)49/h5,7,11,13,15-16,18-19,21-22,26,32-33,37,42H,3-4,6,8-10,12,14,17,20,23-25,27-31,34-36,38-41H2,1-2H3,(H,46,47)(H,48,49)/b7-5-,13-11-,16-15-,19-18-,22-21-,32-26-,37-33-. The van der Waals surface area contributed by atoms with Crippen LogP contribution in [0.2, 0.25) is 0 Å². The molecular formula is C45H73NO5. The van der Waals surface area contributed by atoms with Crippen LogP contribution >= 0.6 is 0 Å². The first-order valence-electron chi connectivity index (χ1n) is 20.2. The van der Waals surface area contributed by atoms with E-state index in [-0.39, 0.29) is 24.5 Å². The van der Waals surface area contributed by atoms with Crippen molar-refractivity contribution in [2.24, 2.45) is 0 Å². The van der Waals surface area contributed by atoms with Gasteiger partial charge in [0, 0.05) is 12.8 Å². The van der Waals surface area contributed by atoms with Crippen LogP contribution in [0, 0.1) is 0 Å². The smallest absolute Gasteiger partial charge is 0.322 e. The summed E-state index contributed by atoms with van der Waals surface area (Å²) in [6.07, 6.45) is 54.4. The molecule has 6 nitrogen and oxygen atoms in total. The molecular weight excluding hydrogens is 634 g/mol. The zero-order chi connectivity index (χ0) is 37.3. The first-order chi connectivity index (χ1) is 25.0. The second kappa shape index (κ2) is 39.4. The van der Waals surface area contributed by atoms with Gasteiger partial charge in [0.05, 0.1) is 0 Å². The number of unbranched alkanes of at least 4 members (excludes halogenated alkanes) is 12. The summed E-state index contributed by atoms with van der Waals surface area (Å²) in [7, 11) is 0. The SMILES string of the molecule is CC/C=C\C/C=C\C/C=C\C/C=C\C/C=C\C/C=C\CCC(=O)OC(/C=C\CCCCCCCCC)CCCCCCCCC(=O)NCC(=O)O. The lowest BCUT2D eigenvalue weighted by molar-refractivity contribution is -0.147. The Morgan fingerprint density at radius 3 is 1.59 bits per heavy atom. The minimum Gasteiger partial charge on any atom is -0.480 e. The molecule has 0 bridgehead atoms. The number of ether oxygens (including phenoxy) is 1. The van der Waals surface area contributed by atoms with Crippen molar-refractivity contribution >= 4 is 17.8 Å². The Balaban J connectivity index is 4.32. The maximum Gasteiger partial charge on any atom is 0.322 e. The molecule has 0 heterocycles. The predicted octanol–water partition coefficient (Wildman–Crippen LogP) is 12.4. The molecule has 0 aliphatic heterocycles. The number of hydrogen-bond acceptors (Lipinski definition) is 4. The number of allylic oxidation sites excluding steroid dienone is 13. The second-order valence-electron chi connectivity index (χ2n) is 13.2. The van der Waals surface area contributed by atoms with Crippen molar-refractivity contribution in [3.05, 3.63) is 85.1 Å². The Hall–Kier alpha value is -3.41. The molecule has 0 saturated heterocycles. The first-order valence-corrected chi connectivity index (χ1v) is 20.2. The van der Waals surface area contributed by atoms with Crippen molar-refractivity contribution < 1.29 is 24.2 Å². The van der Waals surface area contributed by atoms with Crippen LogP contribution in [-0.2, 0) is 19.1 Å². The van der Waals surface area contributed by atoms with Crippen LogP contribution in [0.1, 0.15) is 168 Å². The number of hydrogen-bond donors (Lipinski definition) is 2. The number of amides is 1. The molecule has 0 aromatic carbocycles. The average Bonchev–Trinajstić information content (AvgIpc) is 3.11. The highest BCUT2D eigenvalue weighted by molar-refractivity contribution is 5.80. The van der Waals surface area contributed by atoms with Gasteiger partial charge in [-0.05, 0) is 83.1 Å². The molecule has 288 valence electrons. The molecule has 0 fully saturated rings. The molecule has 0 aliphatic carbocycles. The third-order valence-electron chi connectivity index (χ3n) is 8.30. The van der Waals surface area contributed by atoms with Crippen molar-refractivity contribution in [3.63, 3.8) is 0 Å². The van der Waals surface area contributed by atoms with Crippen molar-refractivity contribution in [1.29, 1.82) is 0 Å². The number of rotatable bonds is 35. The fraction of sp³-hybridized carbons (Fsp3) is 0.622. The lowest BCUT2D eigenvalue weighted by atomic mass is 10.0. The summed E-state index contributed by atoms with van der Waals surface area (Å²) in [6, 6.07) is 0. The summed E-state index contributed by atoms with van der Waals surface area (Å²) in [6.45, 7) is 4.08. The van der Waals surface area contributed by atoms with Crippen LogP contribution in [0.15, 0.2) is 85.1 Å². The number of carboxylic acids is 1. The van der Waals surface area contributed by atoms with Crippen molar-refractivity contribution in [3.8, 4) is 0 Å². The Labute approximate surface area is 312 Å². The Morgan fingerprint density at radius 2 is 1.04 bits per heavy atom. The van der Waals surface area contributed by atoms with Crippen LogP contribution < -0.4 is 5.32 Å².